The summed E-state index contributed by atoms with van der Waals surface area (Å²) in [6.07, 6.45) is 5.24. The lowest BCUT2D eigenvalue weighted by Gasteiger charge is -2.34. The van der Waals surface area contributed by atoms with Crippen molar-refractivity contribution < 1.29 is 0 Å². The van der Waals surface area contributed by atoms with Crippen molar-refractivity contribution in [2.75, 3.05) is 18.4 Å². The molecule has 2 saturated heterocycles. The molecule has 0 amide bonds. The van der Waals surface area contributed by atoms with Gasteiger partial charge in [-0.1, -0.05) is 11.3 Å². The summed E-state index contributed by atoms with van der Waals surface area (Å²) in [4.78, 5) is 2.63. The fourth-order valence-electron chi connectivity index (χ4n) is 2.79. The molecule has 2 fully saturated rings. The number of aromatic nitrogens is 2. The normalized spacial score (nSPS) is 30.3. The second-order valence-corrected chi connectivity index (χ2v) is 6.81. The highest BCUT2D eigenvalue weighted by molar-refractivity contribution is 9.11. The Labute approximate surface area is 108 Å². The van der Waals surface area contributed by atoms with E-state index in [2.05, 4.69) is 36.3 Å². The Morgan fingerprint density at radius 3 is 3.06 bits per heavy atom. The number of nitrogens with one attached hydrogen (secondary N) is 1. The maximum Gasteiger partial charge on any atom is 0.206 e. The number of anilines is 1. The molecule has 0 saturated carbocycles. The largest absolute Gasteiger partial charge is 0.357 e. The highest BCUT2D eigenvalue weighted by atomic mass is 79.9. The van der Waals surface area contributed by atoms with Gasteiger partial charge in [-0.15, -0.1) is 10.2 Å². The van der Waals surface area contributed by atoms with Crippen LogP contribution in [0.2, 0.25) is 0 Å². The molecule has 2 atom stereocenters. The first kappa shape index (κ1) is 10.9. The molecule has 16 heavy (non-hydrogen) atoms. The molecule has 2 aliphatic heterocycles. The van der Waals surface area contributed by atoms with Gasteiger partial charge in [0.2, 0.25) is 5.13 Å². The van der Waals surface area contributed by atoms with Crippen LogP contribution >= 0.6 is 27.3 Å². The second-order valence-electron chi connectivity index (χ2n) is 4.56. The standard InChI is InChI=1S/C10H15BrN4S/c11-9-13-14-10(16-9)12-7-3-5-15-4-1-2-8(15)6-7/h7-8H,1-6H2,(H,12,14). The first-order valence-corrected chi connectivity index (χ1v) is 7.42. The Hall–Kier alpha value is -0.200. The molecule has 0 aromatic carbocycles. The summed E-state index contributed by atoms with van der Waals surface area (Å²) in [7, 11) is 0. The minimum Gasteiger partial charge on any atom is -0.357 e. The molecule has 6 heteroatoms. The van der Waals surface area contributed by atoms with E-state index in [1.807, 2.05) is 0 Å². The number of hydrogen-bond acceptors (Lipinski definition) is 5. The molecule has 4 nitrogen and oxygen atoms in total. The summed E-state index contributed by atoms with van der Waals surface area (Å²) in [6, 6.07) is 1.39. The van der Waals surface area contributed by atoms with Gasteiger partial charge >= 0.3 is 0 Å². The van der Waals surface area contributed by atoms with Gasteiger partial charge in [0.05, 0.1) is 0 Å². The van der Waals surface area contributed by atoms with Crippen LogP contribution in [0.25, 0.3) is 0 Å². The van der Waals surface area contributed by atoms with Gasteiger partial charge in [0.1, 0.15) is 0 Å². The molecule has 1 aromatic rings. The van der Waals surface area contributed by atoms with E-state index in [4.69, 9.17) is 0 Å². The van der Waals surface area contributed by atoms with E-state index in [9.17, 15) is 0 Å². The molecule has 2 aliphatic rings. The predicted molar refractivity (Wildman–Crippen MR) is 68.8 cm³/mol. The molecular weight excluding hydrogens is 288 g/mol. The second kappa shape index (κ2) is 4.58. The Bertz CT molecular complexity index is 369. The zero-order chi connectivity index (χ0) is 11.0. The Kier molecular flexibility index (Phi) is 3.13. The summed E-state index contributed by atoms with van der Waals surface area (Å²) in [5.41, 5.74) is 0. The van der Waals surface area contributed by atoms with Crippen molar-refractivity contribution in [1.29, 1.82) is 0 Å². The van der Waals surface area contributed by atoms with E-state index < -0.39 is 0 Å². The minimum absolute atomic E-state index is 0.583. The Balaban J connectivity index is 1.60. The van der Waals surface area contributed by atoms with Gasteiger partial charge in [-0.3, -0.25) is 0 Å². The average molecular weight is 303 g/mol. The number of piperidine rings is 1. The monoisotopic (exact) mass is 302 g/mol. The van der Waals surface area contributed by atoms with Crippen LogP contribution in [0.5, 0.6) is 0 Å². The Morgan fingerprint density at radius 1 is 1.31 bits per heavy atom. The van der Waals surface area contributed by atoms with Crippen molar-refractivity contribution in [1.82, 2.24) is 15.1 Å². The first-order valence-electron chi connectivity index (χ1n) is 5.81. The SMILES string of the molecule is Brc1nnc(NC2CCN3CCCC3C2)s1. The van der Waals surface area contributed by atoms with Crippen LogP contribution < -0.4 is 5.32 Å². The van der Waals surface area contributed by atoms with Crippen molar-refractivity contribution in [2.45, 2.75) is 37.8 Å². The summed E-state index contributed by atoms with van der Waals surface area (Å²) in [5, 5.41) is 12.5. The van der Waals surface area contributed by atoms with Crippen molar-refractivity contribution in [3.63, 3.8) is 0 Å². The number of rotatable bonds is 2. The zero-order valence-corrected chi connectivity index (χ0v) is 11.4. The molecule has 0 radical (unpaired) electrons. The van der Waals surface area contributed by atoms with E-state index in [0.29, 0.717) is 6.04 Å². The number of hydrogen-bond donors (Lipinski definition) is 1. The van der Waals surface area contributed by atoms with Crippen LogP contribution in [0, 0.1) is 0 Å². The average Bonchev–Trinajstić information content (AvgIpc) is 2.87. The molecule has 3 rings (SSSR count). The molecule has 1 aromatic heterocycles. The number of halogens is 1. The van der Waals surface area contributed by atoms with Crippen LogP contribution in [0.1, 0.15) is 25.7 Å². The van der Waals surface area contributed by atoms with Crippen LogP contribution in [0.3, 0.4) is 0 Å². The van der Waals surface area contributed by atoms with Crippen molar-refractivity contribution in [3.05, 3.63) is 3.92 Å². The smallest absolute Gasteiger partial charge is 0.206 e. The lowest BCUT2D eigenvalue weighted by molar-refractivity contribution is 0.188. The summed E-state index contributed by atoms with van der Waals surface area (Å²) < 4.78 is 0.855. The summed E-state index contributed by atoms with van der Waals surface area (Å²) in [6.45, 7) is 2.55. The maximum absolute atomic E-state index is 4.09. The Morgan fingerprint density at radius 2 is 2.25 bits per heavy atom. The van der Waals surface area contributed by atoms with Gasteiger partial charge < -0.3 is 10.2 Å². The number of nitrogens with zero attached hydrogens (tertiary/aromatic N) is 3. The molecule has 2 unspecified atom stereocenters. The maximum atomic E-state index is 4.09. The van der Waals surface area contributed by atoms with Crippen LogP contribution in [-0.4, -0.2) is 40.3 Å². The topological polar surface area (TPSA) is 41.1 Å². The van der Waals surface area contributed by atoms with Gasteiger partial charge in [0.15, 0.2) is 3.92 Å². The molecule has 0 spiro atoms. The lowest BCUT2D eigenvalue weighted by Crippen LogP contribution is -2.42. The van der Waals surface area contributed by atoms with Crippen LogP contribution in [-0.2, 0) is 0 Å². The van der Waals surface area contributed by atoms with E-state index >= 15 is 0 Å². The summed E-state index contributed by atoms with van der Waals surface area (Å²) >= 11 is 4.92. The fourth-order valence-corrected chi connectivity index (χ4v) is 3.88. The van der Waals surface area contributed by atoms with E-state index in [0.717, 1.165) is 15.1 Å². The third-order valence-corrected chi connectivity index (χ3v) is 4.84. The highest BCUT2D eigenvalue weighted by Gasteiger charge is 2.31. The van der Waals surface area contributed by atoms with Crippen molar-refractivity contribution in [3.8, 4) is 0 Å². The molecule has 0 aliphatic carbocycles. The molecule has 0 bridgehead atoms. The van der Waals surface area contributed by atoms with Gasteiger partial charge in [-0.25, -0.2) is 0 Å². The summed E-state index contributed by atoms with van der Waals surface area (Å²) in [5.74, 6) is 0. The number of fused-ring (bicyclic) bond motifs is 1. The van der Waals surface area contributed by atoms with Crippen molar-refractivity contribution in [2.24, 2.45) is 0 Å². The van der Waals surface area contributed by atoms with Crippen molar-refractivity contribution >= 4 is 32.4 Å². The minimum atomic E-state index is 0.583. The van der Waals surface area contributed by atoms with E-state index in [-0.39, 0.29) is 0 Å². The van der Waals surface area contributed by atoms with Crippen LogP contribution in [0.15, 0.2) is 3.92 Å². The van der Waals surface area contributed by atoms with E-state index in [1.54, 1.807) is 11.3 Å². The third-order valence-electron chi connectivity index (χ3n) is 3.55. The third kappa shape index (κ3) is 2.24. The molecule has 1 N–H and O–H groups in total. The highest BCUT2D eigenvalue weighted by Crippen LogP contribution is 2.29. The molecular formula is C10H15BrN4S. The molecule has 88 valence electrons. The van der Waals surface area contributed by atoms with Gasteiger partial charge in [0, 0.05) is 18.6 Å². The predicted octanol–water partition coefficient (Wildman–Crippen LogP) is 2.34. The van der Waals surface area contributed by atoms with Gasteiger partial charge in [0.25, 0.3) is 0 Å². The van der Waals surface area contributed by atoms with E-state index in [1.165, 1.54) is 38.8 Å². The zero-order valence-electron chi connectivity index (χ0n) is 9.03. The first-order chi connectivity index (χ1) is 7.81. The van der Waals surface area contributed by atoms with Crippen LogP contribution in [0.4, 0.5) is 5.13 Å². The molecule has 3 heterocycles. The fraction of sp³-hybridized carbons (Fsp3) is 0.800. The quantitative estimate of drug-likeness (QED) is 0.910. The van der Waals surface area contributed by atoms with Gasteiger partial charge in [-0.2, -0.15) is 0 Å². The van der Waals surface area contributed by atoms with Gasteiger partial charge in [-0.05, 0) is 48.2 Å². The lowest BCUT2D eigenvalue weighted by atomic mass is 9.98.